The molecule has 1 aromatic rings. The van der Waals surface area contributed by atoms with Crippen molar-refractivity contribution >= 4 is 29.3 Å². The first kappa shape index (κ1) is 13.6. The van der Waals surface area contributed by atoms with Gasteiger partial charge in [-0.15, -0.1) is 0 Å². The van der Waals surface area contributed by atoms with Crippen LogP contribution in [0.15, 0.2) is 12.3 Å². The first-order valence-corrected chi connectivity index (χ1v) is 7.29. The van der Waals surface area contributed by atoms with Gasteiger partial charge < -0.3 is 4.74 Å². The fraction of sp³-hybridized carbons (Fsp3) is 0.583. The summed E-state index contributed by atoms with van der Waals surface area (Å²) in [6.45, 7) is 0. The Bertz CT molecular complexity index is 438. The molecule has 98 valence electrons. The largest absolute Gasteiger partial charge is 0.469 e. The molecule has 2 rings (SSSR count). The molecule has 1 aromatic heterocycles. The van der Waals surface area contributed by atoms with Gasteiger partial charge in [0.05, 0.1) is 19.2 Å². The number of hydrogen-bond acceptors (Lipinski definition) is 5. The van der Waals surface area contributed by atoms with Crippen LogP contribution in [-0.4, -0.2) is 28.8 Å². The molecule has 0 atom stereocenters. The van der Waals surface area contributed by atoms with E-state index in [9.17, 15) is 4.79 Å². The van der Waals surface area contributed by atoms with E-state index in [2.05, 4.69) is 9.97 Å². The molecule has 0 aliphatic heterocycles. The molecular weight excluding hydrogens is 272 g/mol. The smallest absolute Gasteiger partial charge is 0.306 e. The quantitative estimate of drug-likeness (QED) is 0.594. The van der Waals surface area contributed by atoms with Gasteiger partial charge in [0.1, 0.15) is 0 Å². The lowest BCUT2D eigenvalue weighted by molar-refractivity contribution is -0.141. The molecule has 1 aliphatic carbocycles. The van der Waals surface area contributed by atoms with Crippen molar-refractivity contribution in [3.63, 3.8) is 0 Å². The fourth-order valence-electron chi connectivity index (χ4n) is 1.75. The molecule has 0 saturated heterocycles. The topological polar surface area (TPSA) is 52.1 Å². The monoisotopic (exact) mass is 286 g/mol. The molecule has 0 bridgehead atoms. The van der Waals surface area contributed by atoms with Crippen LogP contribution in [0.4, 0.5) is 0 Å². The maximum atomic E-state index is 11.3. The number of hydrogen-bond donors (Lipinski definition) is 0. The van der Waals surface area contributed by atoms with Crippen molar-refractivity contribution in [3.8, 4) is 0 Å². The lowest BCUT2D eigenvalue weighted by Crippen LogP contribution is -2.13. The zero-order valence-corrected chi connectivity index (χ0v) is 11.8. The van der Waals surface area contributed by atoms with E-state index in [1.54, 1.807) is 18.0 Å². The Morgan fingerprint density at radius 3 is 3.00 bits per heavy atom. The standard InChI is InChI=1S/C12H15ClN2O2S/c1-17-10(16)6-12(3-4-12)8-18-7-9-2-5-14-11(13)15-9/h2,5H,3-4,6-8H2,1H3. The highest BCUT2D eigenvalue weighted by molar-refractivity contribution is 7.98. The number of aromatic nitrogens is 2. The number of methoxy groups -OCH3 is 1. The van der Waals surface area contributed by atoms with Crippen LogP contribution in [0.5, 0.6) is 0 Å². The van der Waals surface area contributed by atoms with Crippen LogP contribution < -0.4 is 0 Å². The van der Waals surface area contributed by atoms with Crippen molar-refractivity contribution in [2.45, 2.75) is 25.0 Å². The van der Waals surface area contributed by atoms with E-state index in [0.717, 1.165) is 30.0 Å². The molecule has 1 fully saturated rings. The fourth-order valence-corrected chi connectivity index (χ4v) is 3.21. The molecule has 0 spiro atoms. The van der Waals surface area contributed by atoms with Gasteiger partial charge in [-0.2, -0.15) is 11.8 Å². The second-order valence-corrected chi connectivity index (χ2v) is 5.89. The summed E-state index contributed by atoms with van der Waals surface area (Å²) in [6, 6.07) is 1.86. The van der Waals surface area contributed by atoms with Crippen molar-refractivity contribution in [3.05, 3.63) is 23.2 Å². The summed E-state index contributed by atoms with van der Waals surface area (Å²) in [5.74, 6) is 1.65. The van der Waals surface area contributed by atoms with Crippen molar-refractivity contribution in [1.82, 2.24) is 9.97 Å². The lowest BCUT2D eigenvalue weighted by atomic mass is 10.1. The molecule has 6 heteroatoms. The third kappa shape index (κ3) is 3.85. The Morgan fingerprint density at radius 2 is 2.39 bits per heavy atom. The Kier molecular flexibility index (Phi) is 4.45. The summed E-state index contributed by atoms with van der Waals surface area (Å²) in [5.41, 5.74) is 1.09. The summed E-state index contributed by atoms with van der Waals surface area (Å²) < 4.78 is 4.72. The van der Waals surface area contributed by atoms with E-state index in [0.29, 0.717) is 6.42 Å². The predicted molar refractivity (Wildman–Crippen MR) is 71.5 cm³/mol. The van der Waals surface area contributed by atoms with Crippen LogP contribution in [0.3, 0.4) is 0 Å². The Labute approximate surface area is 115 Å². The van der Waals surface area contributed by atoms with Gasteiger partial charge in [-0.1, -0.05) is 0 Å². The van der Waals surface area contributed by atoms with Gasteiger partial charge in [0, 0.05) is 11.9 Å². The molecule has 0 N–H and O–H groups in total. The molecule has 0 unspecified atom stereocenters. The van der Waals surface area contributed by atoms with Gasteiger partial charge in [-0.25, -0.2) is 9.97 Å². The molecular formula is C12H15ClN2O2S. The summed E-state index contributed by atoms with van der Waals surface area (Å²) in [5, 5.41) is 0.281. The van der Waals surface area contributed by atoms with Crippen LogP contribution in [-0.2, 0) is 15.3 Å². The summed E-state index contributed by atoms with van der Waals surface area (Å²) in [4.78, 5) is 19.3. The number of carbonyl (C=O) groups is 1. The van der Waals surface area contributed by atoms with E-state index < -0.39 is 0 Å². The number of esters is 1. The van der Waals surface area contributed by atoms with E-state index in [4.69, 9.17) is 16.3 Å². The molecule has 18 heavy (non-hydrogen) atoms. The molecule has 1 aliphatic rings. The molecule has 1 saturated carbocycles. The van der Waals surface area contributed by atoms with E-state index in [-0.39, 0.29) is 16.7 Å². The third-order valence-electron chi connectivity index (χ3n) is 3.05. The highest BCUT2D eigenvalue weighted by atomic mass is 35.5. The van der Waals surface area contributed by atoms with Crippen LogP contribution in [0, 0.1) is 5.41 Å². The lowest BCUT2D eigenvalue weighted by Gasteiger charge is -2.12. The first-order valence-electron chi connectivity index (χ1n) is 5.76. The number of rotatable bonds is 6. The van der Waals surface area contributed by atoms with Gasteiger partial charge in [0.2, 0.25) is 5.28 Å². The van der Waals surface area contributed by atoms with Crippen molar-refractivity contribution in [2.75, 3.05) is 12.9 Å². The number of carbonyl (C=O) groups excluding carboxylic acids is 1. The van der Waals surface area contributed by atoms with Crippen LogP contribution in [0.1, 0.15) is 25.0 Å². The highest BCUT2D eigenvalue weighted by Crippen LogP contribution is 2.51. The maximum absolute atomic E-state index is 11.3. The average molecular weight is 287 g/mol. The molecule has 1 heterocycles. The first-order chi connectivity index (χ1) is 8.63. The number of nitrogens with zero attached hydrogens (tertiary/aromatic N) is 2. The summed E-state index contributed by atoms with van der Waals surface area (Å²) in [6.07, 6.45) is 4.41. The number of thioether (sulfide) groups is 1. The van der Waals surface area contributed by atoms with Gasteiger partial charge in [0.15, 0.2) is 0 Å². The Morgan fingerprint density at radius 1 is 1.61 bits per heavy atom. The van der Waals surface area contributed by atoms with E-state index >= 15 is 0 Å². The van der Waals surface area contributed by atoms with E-state index in [1.807, 2.05) is 6.07 Å². The molecule has 0 amide bonds. The highest BCUT2D eigenvalue weighted by Gasteiger charge is 2.44. The minimum Gasteiger partial charge on any atom is -0.469 e. The Balaban J connectivity index is 1.77. The van der Waals surface area contributed by atoms with E-state index in [1.165, 1.54) is 7.11 Å². The Hall–Kier alpha value is -0.810. The maximum Gasteiger partial charge on any atom is 0.306 e. The molecule has 0 radical (unpaired) electrons. The van der Waals surface area contributed by atoms with Crippen molar-refractivity contribution in [1.29, 1.82) is 0 Å². The minimum atomic E-state index is -0.113. The number of halogens is 1. The average Bonchev–Trinajstić information content (AvgIpc) is 3.09. The second kappa shape index (κ2) is 5.89. The SMILES string of the molecule is COC(=O)CC1(CSCc2ccnc(Cl)n2)CC1. The van der Waals surface area contributed by atoms with Crippen LogP contribution >= 0.6 is 23.4 Å². The third-order valence-corrected chi connectivity index (χ3v) is 4.54. The second-order valence-electron chi connectivity index (χ2n) is 4.56. The van der Waals surface area contributed by atoms with Gasteiger partial charge in [-0.05, 0) is 41.7 Å². The summed E-state index contributed by atoms with van der Waals surface area (Å²) in [7, 11) is 1.44. The normalized spacial score (nSPS) is 16.3. The summed E-state index contributed by atoms with van der Waals surface area (Å²) >= 11 is 7.50. The van der Waals surface area contributed by atoms with Gasteiger partial charge in [-0.3, -0.25) is 4.79 Å². The predicted octanol–water partition coefficient (Wildman–Crippen LogP) is 2.71. The van der Waals surface area contributed by atoms with Crippen LogP contribution in [0.25, 0.3) is 0 Å². The zero-order valence-electron chi connectivity index (χ0n) is 10.2. The van der Waals surface area contributed by atoms with Crippen molar-refractivity contribution in [2.24, 2.45) is 5.41 Å². The molecule has 4 nitrogen and oxygen atoms in total. The van der Waals surface area contributed by atoms with Crippen molar-refractivity contribution < 1.29 is 9.53 Å². The molecule has 0 aromatic carbocycles. The van der Waals surface area contributed by atoms with Gasteiger partial charge >= 0.3 is 5.97 Å². The van der Waals surface area contributed by atoms with Gasteiger partial charge in [0.25, 0.3) is 0 Å². The number of ether oxygens (including phenoxy) is 1. The zero-order chi connectivity index (χ0) is 13.0. The van der Waals surface area contributed by atoms with Crippen LogP contribution in [0.2, 0.25) is 5.28 Å². The minimum absolute atomic E-state index is 0.113.